The van der Waals surface area contributed by atoms with E-state index in [1.54, 1.807) is 23.1 Å². The molecule has 10 nitrogen and oxygen atoms in total. The highest BCUT2D eigenvalue weighted by atomic mass is 19.4. The number of hydrogen-bond acceptors (Lipinski definition) is 7. The van der Waals surface area contributed by atoms with E-state index in [9.17, 15) is 36.3 Å². The number of hydrogen-bond donors (Lipinski definition) is 2. The van der Waals surface area contributed by atoms with Crippen molar-refractivity contribution < 1.29 is 46.1 Å². The SMILES string of the molecule is Cc1cn(C)c(=O)c(-c2ccc(C)c3c2OCCC3)n1.O=C(O)CNC(=O)c1c(F)cc(N2CCOCC2C(F)(F)F)cc1F. The molecule has 0 bridgehead atoms. The van der Waals surface area contributed by atoms with Crippen LogP contribution in [0.1, 0.15) is 33.6 Å². The Labute approximate surface area is 254 Å². The normalized spacial score (nSPS) is 16.2. The minimum Gasteiger partial charge on any atom is -0.493 e. The molecule has 0 saturated carbocycles. The third-order valence-electron chi connectivity index (χ3n) is 7.25. The van der Waals surface area contributed by atoms with Crippen molar-refractivity contribution in [1.82, 2.24) is 14.9 Å². The Balaban J connectivity index is 0.000000209. The maximum absolute atomic E-state index is 14.1. The van der Waals surface area contributed by atoms with Gasteiger partial charge >= 0.3 is 12.1 Å². The third kappa shape index (κ3) is 7.59. The number of carboxylic acid groups (broad SMARTS) is 1. The van der Waals surface area contributed by atoms with E-state index in [2.05, 4.69) is 11.9 Å². The van der Waals surface area contributed by atoms with Crippen LogP contribution in [-0.4, -0.2) is 71.7 Å². The molecule has 3 heterocycles. The van der Waals surface area contributed by atoms with Crippen molar-refractivity contribution in [1.29, 1.82) is 0 Å². The number of carboxylic acids is 1. The Morgan fingerprint density at radius 2 is 1.82 bits per heavy atom. The summed E-state index contributed by atoms with van der Waals surface area (Å²) in [6, 6.07) is 3.12. The average molecular weight is 639 g/mol. The number of carbonyl (C=O) groups excluding carboxylic acids is 1. The summed E-state index contributed by atoms with van der Waals surface area (Å²) in [5, 5.41) is 10.2. The number of nitrogens with one attached hydrogen (secondary N) is 1. The molecular formula is C30H31F5N4O6. The molecule has 1 amide bonds. The Bertz CT molecular complexity index is 1640. The number of alkyl halides is 3. The highest BCUT2D eigenvalue weighted by Gasteiger charge is 2.45. The Kier molecular flexibility index (Phi) is 10.1. The van der Waals surface area contributed by atoms with Gasteiger partial charge in [0.25, 0.3) is 11.5 Å². The van der Waals surface area contributed by atoms with Gasteiger partial charge in [0.05, 0.1) is 25.5 Å². The third-order valence-corrected chi connectivity index (χ3v) is 7.25. The zero-order chi connectivity index (χ0) is 33.1. The van der Waals surface area contributed by atoms with Gasteiger partial charge in [-0.05, 0) is 56.0 Å². The maximum Gasteiger partial charge on any atom is 0.411 e. The van der Waals surface area contributed by atoms with Crippen molar-refractivity contribution in [3.8, 4) is 17.0 Å². The van der Waals surface area contributed by atoms with Gasteiger partial charge in [-0.25, -0.2) is 13.8 Å². The van der Waals surface area contributed by atoms with Gasteiger partial charge in [-0.15, -0.1) is 0 Å². The van der Waals surface area contributed by atoms with Crippen molar-refractivity contribution in [3.63, 3.8) is 0 Å². The number of morpholine rings is 1. The summed E-state index contributed by atoms with van der Waals surface area (Å²) in [6.07, 6.45) is -0.907. The number of nitrogens with zero attached hydrogens (tertiary/aromatic N) is 3. The quantitative estimate of drug-likeness (QED) is 0.403. The predicted molar refractivity (Wildman–Crippen MR) is 153 cm³/mol. The van der Waals surface area contributed by atoms with Gasteiger partial charge in [0.2, 0.25) is 0 Å². The van der Waals surface area contributed by atoms with E-state index in [0.29, 0.717) is 24.4 Å². The first-order valence-electron chi connectivity index (χ1n) is 13.9. The molecule has 242 valence electrons. The Hall–Kier alpha value is -4.53. The molecule has 45 heavy (non-hydrogen) atoms. The van der Waals surface area contributed by atoms with Crippen LogP contribution < -0.4 is 20.5 Å². The zero-order valence-corrected chi connectivity index (χ0v) is 24.6. The first-order chi connectivity index (χ1) is 21.2. The molecule has 2 N–H and O–H groups in total. The van der Waals surface area contributed by atoms with E-state index in [4.69, 9.17) is 14.6 Å². The van der Waals surface area contributed by atoms with Crippen molar-refractivity contribution in [3.05, 3.63) is 74.8 Å². The van der Waals surface area contributed by atoms with E-state index in [1.807, 2.05) is 19.1 Å². The van der Waals surface area contributed by atoms with Crippen molar-refractivity contribution in [2.24, 2.45) is 7.05 Å². The maximum atomic E-state index is 14.1. The lowest BCUT2D eigenvalue weighted by Gasteiger charge is -2.38. The van der Waals surface area contributed by atoms with Crippen LogP contribution in [0, 0.1) is 25.5 Å². The van der Waals surface area contributed by atoms with Crippen molar-refractivity contribution in [2.45, 2.75) is 38.9 Å². The Morgan fingerprint density at radius 3 is 2.47 bits per heavy atom. The molecule has 1 aromatic heterocycles. The monoisotopic (exact) mass is 638 g/mol. The number of aromatic nitrogens is 2. The van der Waals surface area contributed by atoms with Crippen LogP contribution in [0.3, 0.4) is 0 Å². The summed E-state index contributed by atoms with van der Waals surface area (Å²) in [7, 11) is 1.75. The van der Waals surface area contributed by atoms with Crippen molar-refractivity contribution in [2.75, 3.05) is 37.8 Å². The predicted octanol–water partition coefficient (Wildman–Crippen LogP) is 3.94. The van der Waals surface area contributed by atoms with Gasteiger partial charge in [0.15, 0.2) is 0 Å². The van der Waals surface area contributed by atoms with Crippen LogP contribution in [0.4, 0.5) is 27.6 Å². The minimum absolute atomic E-state index is 0.0589. The van der Waals surface area contributed by atoms with Crippen LogP contribution in [0.25, 0.3) is 11.3 Å². The summed E-state index contributed by atoms with van der Waals surface area (Å²) in [5.41, 5.74) is 2.99. The summed E-state index contributed by atoms with van der Waals surface area (Å²) in [5.74, 6) is -4.70. The second kappa shape index (κ2) is 13.6. The molecule has 1 unspecified atom stereocenters. The fraction of sp³-hybridized carbons (Fsp3) is 0.400. The fourth-order valence-corrected chi connectivity index (χ4v) is 5.12. The average Bonchev–Trinajstić information content (AvgIpc) is 2.98. The van der Waals surface area contributed by atoms with Gasteiger partial charge in [-0.3, -0.25) is 14.4 Å². The lowest BCUT2D eigenvalue weighted by Crippen LogP contribution is -2.53. The van der Waals surface area contributed by atoms with Crippen LogP contribution in [0.5, 0.6) is 5.75 Å². The molecule has 0 spiro atoms. The number of rotatable bonds is 5. The number of anilines is 1. The first-order valence-corrected chi connectivity index (χ1v) is 13.9. The molecule has 1 atom stereocenters. The van der Waals surface area contributed by atoms with Gasteiger partial charge in [-0.2, -0.15) is 13.2 Å². The van der Waals surface area contributed by atoms with Gasteiger partial charge in [0, 0.05) is 31.0 Å². The van der Waals surface area contributed by atoms with Crippen LogP contribution in [0.15, 0.2) is 35.3 Å². The van der Waals surface area contributed by atoms with E-state index in [-0.39, 0.29) is 18.7 Å². The van der Waals surface area contributed by atoms with Crippen molar-refractivity contribution >= 4 is 17.6 Å². The molecule has 0 aliphatic carbocycles. The molecule has 3 aromatic rings. The van der Waals surface area contributed by atoms with Crippen LogP contribution >= 0.6 is 0 Å². The van der Waals surface area contributed by atoms with E-state index >= 15 is 0 Å². The number of aliphatic carboxylic acids is 1. The van der Waals surface area contributed by atoms with Gasteiger partial charge in [0.1, 0.15) is 41.2 Å². The van der Waals surface area contributed by atoms with Crippen LogP contribution in [-0.2, 0) is 23.0 Å². The lowest BCUT2D eigenvalue weighted by molar-refractivity contribution is -0.167. The number of ether oxygens (including phenoxy) is 2. The molecule has 2 aromatic carbocycles. The van der Waals surface area contributed by atoms with Gasteiger partial charge < -0.3 is 29.4 Å². The summed E-state index contributed by atoms with van der Waals surface area (Å²) in [6.45, 7) is 2.83. The largest absolute Gasteiger partial charge is 0.493 e. The fourth-order valence-electron chi connectivity index (χ4n) is 5.12. The molecule has 1 saturated heterocycles. The highest BCUT2D eigenvalue weighted by Crippen LogP contribution is 2.36. The number of aryl methyl sites for hydroxylation is 3. The molecule has 2 aliphatic rings. The minimum atomic E-state index is -4.68. The molecule has 2 aliphatic heterocycles. The van der Waals surface area contributed by atoms with Crippen LogP contribution in [0.2, 0.25) is 0 Å². The number of halogens is 5. The number of benzene rings is 2. The topological polar surface area (TPSA) is 123 Å². The molecule has 1 fully saturated rings. The second-order valence-electron chi connectivity index (χ2n) is 10.5. The standard InChI is InChI=1S/C16H18N2O2.C14H13F5N2O4/c1-10-6-7-13(15-12(10)5-4-8-20-15)14-16(19)18(3)9-11(2)17-14;15-8-3-7(21-1-2-25-6-10(21)14(17,18)19)4-9(16)12(8)13(24)20-5-11(22)23/h6-7,9H,4-5,8H2,1-3H3;3-4,10H,1-2,5-6H2,(H,20,24)(H,22,23). The number of fused-ring (bicyclic) bond motifs is 1. The first kappa shape index (κ1) is 33.4. The lowest BCUT2D eigenvalue weighted by atomic mass is 9.96. The molecule has 15 heteroatoms. The molecule has 5 rings (SSSR count). The zero-order valence-electron chi connectivity index (χ0n) is 24.6. The summed E-state index contributed by atoms with van der Waals surface area (Å²) < 4.78 is 79.4. The number of carbonyl (C=O) groups is 2. The van der Waals surface area contributed by atoms with Gasteiger partial charge in [-0.1, -0.05) is 6.07 Å². The Morgan fingerprint density at radius 1 is 1.13 bits per heavy atom. The molecule has 0 radical (unpaired) electrons. The second-order valence-corrected chi connectivity index (χ2v) is 10.5. The summed E-state index contributed by atoms with van der Waals surface area (Å²) >= 11 is 0. The summed E-state index contributed by atoms with van der Waals surface area (Å²) in [4.78, 5) is 39.5. The molecular weight excluding hydrogens is 607 g/mol. The number of amides is 1. The smallest absolute Gasteiger partial charge is 0.411 e. The van der Waals surface area contributed by atoms with E-state index < -0.39 is 60.1 Å². The van der Waals surface area contributed by atoms with E-state index in [1.165, 1.54) is 11.1 Å². The highest BCUT2D eigenvalue weighted by molar-refractivity contribution is 5.96. The van der Waals surface area contributed by atoms with E-state index in [0.717, 1.165) is 34.7 Å².